The summed E-state index contributed by atoms with van der Waals surface area (Å²) < 4.78 is 0. The summed E-state index contributed by atoms with van der Waals surface area (Å²) in [6, 6.07) is 6.25. The Morgan fingerprint density at radius 2 is 2.00 bits per heavy atom. The van der Waals surface area contributed by atoms with E-state index < -0.39 is 5.91 Å². The number of benzene rings is 1. The zero-order valence-corrected chi connectivity index (χ0v) is 16.5. The van der Waals surface area contributed by atoms with Gasteiger partial charge in [0.15, 0.2) is 0 Å². The van der Waals surface area contributed by atoms with Crippen LogP contribution in [-0.4, -0.2) is 41.0 Å². The van der Waals surface area contributed by atoms with Gasteiger partial charge in [0.25, 0.3) is 5.91 Å². The maximum atomic E-state index is 12.2. The molecule has 2 aromatic rings. The minimum atomic E-state index is -0.609. The van der Waals surface area contributed by atoms with E-state index in [4.69, 9.17) is 28.9 Å². The van der Waals surface area contributed by atoms with E-state index in [0.29, 0.717) is 44.9 Å². The molecule has 1 aromatic carbocycles. The number of carbonyl (C=O) groups excluding carboxylic acids is 1. The van der Waals surface area contributed by atoms with Crippen molar-refractivity contribution in [2.75, 3.05) is 18.0 Å². The topological polar surface area (TPSA) is 84.1 Å². The number of carbonyl (C=O) groups is 1. The van der Waals surface area contributed by atoms with Crippen molar-refractivity contribution in [2.24, 2.45) is 5.73 Å². The summed E-state index contributed by atoms with van der Waals surface area (Å²) in [6.45, 7) is 3.51. The van der Waals surface area contributed by atoms with Crippen molar-refractivity contribution >= 4 is 35.1 Å². The van der Waals surface area contributed by atoms with Gasteiger partial charge in [0, 0.05) is 36.3 Å². The SMILES string of the molecule is Cc1nc(N2CCC3CCC(C2)N3)nc(C(N)=O)c1-c1cccc(Cl)c1Cl. The lowest BCUT2D eigenvalue weighted by molar-refractivity contribution is 0.0996. The fraction of sp³-hybridized carbons (Fsp3) is 0.421. The van der Waals surface area contributed by atoms with Gasteiger partial charge in [-0.05, 0) is 32.3 Å². The summed E-state index contributed by atoms with van der Waals surface area (Å²) in [6.07, 6.45) is 3.41. The molecule has 1 amide bonds. The second-order valence-corrected chi connectivity index (χ2v) is 7.96. The van der Waals surface area contributed by atoms with Crippen LogP contribution in [0.4, 0.5) is 5.95 Å². The minimum Gasteiger partial charge on any atom is -0.364 e. The Labute approximate surface area is 168 Å². The van der Waals surface area contributed by atoms with Crippen molar-refractivity contribution < 1.29 is 4.79 Å². The van der Waals surface area contributed by atoms with Crippen LogP contribution in [-0.2, 0) is 0 Å². The van der Waals surface area contributed by atoms with E-state index >= 15 is 0 Å². The highest BCUT2D eigenvalue weighted by Crippen LogP contribution is 2.37. The molecule has 2 bridgehead atoms. The summed E-state index contributed by atoms with van der Waals surface area (Å²) in [7, 11) is 0. The molecule has 142 valence electrons. The second-order valence-electron chi connectivity index (χ2n) is 7.17. The van der Waals surface area contributed by atoms with E-state index in [2.05, 4.69) is 20.2 Å². The summed E-state index contributed by atoms with van der Waals surface area (Å²) >= 11 is 12.5. The molecule has 3 N–H and O–H groups in total. The molecule has 0 spiro atoms. The minimum absolute atomic E-state index is 0.170. The molecule has 0 radical (unpaired) electrons. The fourth-order valence-electron chi connectivity index (χ4n) is 4.02. The van der Waals surface area contributed by atoms with Crippen LogP contribution >= 0.6 is 23.2 Å². The molecule has 1 aromatic heterocycles. The lowest BCUT2D eigenvalue weighted by Crippen LogP contribution is -2.36. The van der Waals surface area contributed by atoms with Gasteiger partial charge >= 0.3 is 0 Å². The molecule has 27 heavy (non-hydrogen) atoms. The molecule has 0 saturated carbocycles. The molecule has 3 heterocycles. The first-order valence-corrected chi connectivity index (χ1v) is 9.83. The predicted octanol–water partition coefficient (Wildman–Crippen LogP) is 3.19. The van der Waals surface area contributed by atoms with E-state index in [1.165, 1.54) is 6.42 Å². The highest BCUT2D eigenvalue weighted by atomic mass is 35.5. The van der Waals surface area contributed by atoms with Crippen molar-refractivity contribution in [3.05, 3.63) is 39.6 Å². The van der Waals surface area contributed by atoms with E-state index in [1.54, 1.807) is 18.2 Å². The quantitative estimate of drug-likeness (QED) is 0.818. The maximum absolute atomic E-state index is 12.2. The number of primary amides is 1. The molecule has 0 aliphatic carbocycles. The first-order valence-electron chi connectivity index (χ1n) is 9.08. The van der Waals surface area contributed by atoms with Gasteiger partial charge in [-0.2, -0.15) is 0 Å². The second kappa shape index (κ2) is 7.26. The Balaban J connectivity index is 1.78. The summed E-state index contributed by atoms with van der Waals surface area (Å²) in [4.78, 5) is 23.6. The number of hydrogen-bond donors (Lipinski definition) is 2. The van der Waals surface area contributed by atoms with Crippen LogP contribution in [0.25, 0.3) is 11.1 Å². The molecular weight excluding hydrogens is 385 g/mol. The first-order chi connectivity index (χ1) is 12.9. The average molecular weight is 406 g/mol. The number of amides is 1. The Morgan fingerprint density at radius 1 is 1.22 bits per heavy atom. The Morgan fingerprint density at radius 3 is 2.78 bits per heavy atom. The van der Waals surface area contributed by atoms with Gasteiger partial charge < -0.3 is 16.0 Å². The molecule has 2 aliphatic rings. The molecule has 8 heteroatoms. The van der Waals surface area contributed by atoms with Gasteiger partial charge in [-0.1, -0.05) is 35.3 Å². The molecule has 2 atom stereocenters. The van der Waals surface area contributed by atoms with E-state index in [1.807, 2.05) is 6.92 Å². The number of fused-ring (bicyclic) bond motifs is 2. The van der Waals surface area contributed by atoms with Gasteiger partial charge in [-0.15, -0.1) is 0 Å². The van der Waals surface area contributed by atoms with Gasteiger partial charge in [-0.25, -0.2) is 9.97 Å². The molecule has 2 saturated heterocycles. The van der Waals surface area contributed by atoms with Crippen LogP contribution in [0.3, 0.4) is 0 Å². The third-order valence-electron chi connectivity index (χ3n) is 5.34. The summed E-state index contributed by atoms with van der Waals surface area (Å²) in [5, 5.41) is 4.40. The monoisotopic (exact) mass is 405 g/mol. The lowest BCUT2D eigenvalue weighted by atomic mass is 10.0. The number of aromatic nitrogens is 2. The molecular formula is C19H21Cl2N5O. The molecule has 2 aliphatic heterocycles. The largest absolute Gasteiger partial charge is 0.364 e. The van der Waals surface area contributed by atoms with Crippen LogP contribution < -0.4 is 16.0 Å². The van der Waals surface area contributed by atoms with Crippen LogP contribution in [0.15, 0.2) is 18.2 Å². The molecule has 2 unspecified atom stereocenters. The smallest absolute Gasteiger partial charge is 0.268 e. The number of aryl methyl sites for hydroxylation is 1. The number of anilines is 1. The first kappa shape index (κ1) is 18.5. The van der Waals surface area contributed by atoms with Gasteiger partial charge in [0.1, 0.15) is 5.69 Å². The number of hydrogen-bond acceptors (Lipinski definition) is 5. The van der Waals surface area contributed by atoms with Crippen LogP contribution in [0, 0.1) is 6.92 Å². The number of halogens is 2. The maximum Gasteiger partial charge on any atom is 0.268 e. The van der Waals surface area contributed by atoms with Gasteiger partial charge in [0.2, 0.25) is 5.95 Å². The van der Waals surface area contributed by atoms with Crippen molar-refractivity contribution in [1.82, 2.24) is 15.3 Å². The average Bonchev–Trinajstić information content (AvgIpc) is 2.96. The predicted molar refractivity (Wildman–Crippen MR) is 108 cm³/mol. The molecule has 4 rings (SSSR count). The zero-order valence-electron chi connectivity index (χ0n) is 15.0. The highest BCUT2D eigenvalue weighted by molar-refractivity contribution is 6.43. The van der Waals surface area contributed by atoms with Gasteiger partial charge in [-0.3, -0.25) is 4.79 Å². The van der Waals surface area contributed by atoms with E-state index in [9.17, 15) is 4.79 Å². The normalized spacial score (nSPS) is 22.0. The number of rotatable bonds is 3. The molecule has 6 nitrogen and oxygen atoms in total. The zero-order chi connectivity index (χ0) is 19.1. The molecule has 2 fully saturated rings. The van der Waals surface area contributed by atoms with Crippen molar-refractivity contribution in [3.63, 3.8) is 0 Å². The van der Waals surface area contributed by atoms with Crippen LogP contribution in [0.1, 0.15) is 35.4 Å². The lowest BCUT2D eigenvalue weighted by Gasteiger charge is -2.25. The van der Waals surface area contributed by atoms with E-state index in [-0.39, 0.29) is 5.69 Å². The summed E-state index contributed by atoms with van der Waals surface area (Å²) in [5.41, 5.74) is 7.63. The van der Waals surface area contributed by atoms with Crippen molar-refractivity contribution in [3.8, 4) is 11.1 Å². The third-order valence-corrected chi connectivity index (χ3v) is 6.16. The number of nitrogens with one attached hydrogen (secondary N) is 1. The number of nitrogens with two attached hydrogens (primary N) is 1. The third kappa shape index (κ3) is 3.49. The standard InChI is InChI=1S/C19H21Cl2N5O/c1-10-15(13-3-2-4-14(20)16(13)21)17(18(22)27)25-19(23-10)26-8-7-11-5-6-12(9-26)24-11/h2-4,11-12,24H,5-9H2,1H3,(H2,22,27). The Kier molecular flexibility index (Phi) is 4.97. The van der Waals surface area contributed by atoms with Crippen molar-refractivity contribution in [1.29, 1.82) is 0 Å². The van der Waals surface area contributed by atoms with Gasteiger partial charge in [0.05, 0.1) is 15.7 Å². The van der Waals surface area contributed by atoms with E-state index in [0.717, 1.165) is 25.9 Å². The Hall–Kier alpha value is -1.89. The van der Waals surface area contributed by atoms with Crippen LogP contribution in [0.2, 0.25) is 10.0 Å². The fourth-order valence-corrected chi connectivity index (χ4v) is 4.42. The number of nitrogens with zero attached hydrogens (tertiary/aromatic N) is 3. The van der Waals surface area contributed by atoms with Crippen LogP contribution in [0.5, 0.6) is 0 Å². The highest BCUT2D eigenvalue weighted by Gasteiger charge is 2.31. The summed E-state index contributed by atoms with van der Waals surface area (Å²) in [5.74, 6) is -0.0696. The Bertz CT molecular complexity index is 904. The van der Waals surface area contributed by atoms with Crippen molar-refractivity contribution in [2.45, 2.75) is 38.3 Å².